The number of anilines is 1. The van der Waals surface area contributed by atoms with E-state index in [4.69, 9.17) is 9.15 Å². The van der Waals surface area contributed by atoms with Crippen molar-refractivity contribution in [2.24, 2.45) is 0 Å². The van der Waals surface area contributed by atoms with Crippen molar-refractivity contribution in [3.05, 3.63) is 115 Å². The van der Waals surface area contributed by atoms with Gasteiger partial charge in [0.15, 0.2) is 5.76 Å². The second-order valence-electron chi connectivity index (χ2n) is 7.67. The fourth-order valence-corrected chi connectivity index (χ4v) is 4.12. The lowest BCUT2D eigenvalue weighted by Gasteiger charge is -2.07. The van der Waals surface area contributed by atoms with Crippen LogP contribution in [0, 0.1) is 0 Å². The highest BCUT2D eigenvalue weighted by atomic mass is 32.2. The van der Waals surface area contributed by atoms with Gasteiger partial charge in [-0.1, -0.05) is 90.6 Å². The molecule has 0 saturated heterocycles. The third kappa shape index (κ3) is 5.80. The molecule has 1 heterocycles. The van der Waals surface area contributed by atoms with E-state index in [0.29, 0.717) is 22.4 Å². The molecular weight excluding hydrogens is 456 g/mol. The van der Waals surface area contributed by atoms with E-state index in [-0.39, 0.29) is 11.7 Å². The van der Waals surface area contributed by atoms with E-state index in [1.165, 1.54) is 11.8 Å². The van der Waals surface area contributed by atoms with Crippen molar-refractivity contribution in [2.45, 2.75) is 5.22 Å². The molecule has 0 aliphatic heterocycles. The smallest absolute Gasteiger partial charge is 0.257 e. The lowest BCUT2D eigenvalue weighted by Crippen LogP contribution is -2.13. The van der Waals surface area contributed by atoms with Crippen molar-refractivity contribution in [1.29, 1.82) is 0 Å². The van der Waals surface area contributed by atoms with Gasteiger partial charge in [-0.25, -0.2) is 4.98 Å². The van der Waals surface area contributed by atoms with Crippen LogP contribution in [0.2, 0.25) is 0 Å². The number of carbonyl (C=O) groups is 1. The molecule has 5 aromatic rings. The van der Waals surface area contributed by atoms with Gasteiger partial charge in [0.25, 0.3) is 5.22 Å². The van der Waals surface area contributed by atoms with E-state index < -0.39 is 0 Å². The normalized spacial score (nSPS) is 10.6. The molecule has 4 aromatic carbocycles. The Morgan fingerprint density at radius 1 is 0.743 bits per heavy atom. The van der Waals surface area contributed by atoms with Crippen LogP contribution >= 0.6 is 11.8 Å². The Bertz CT molecular complexity index is 1330. The number of rotatable bonds is 8. The van der Waals surface area contributed by atoms with Gasteiger partial charge in [-0.15, -0.1) is 0 Å². The molecule has 0 aliphatic rings. The van der Waals surface area contributed by atoms with Gasteiger partial charge >= 0.3 is 0 Å². The van der Waals surface area contributed by atoms with Gasteiger partial charge in [-0.3, -0.25) is 4.79 Å². The largest absolute Gasteiger partial charge is 0.457 e. The first-order chi connectivity index (χ1) is 17.2. The lowest BCUT2D eigenvalue weighted by atomic mass is 10.1. The van der Waals surface area contributed by atoms with Crippen LogP contribution in [-0.2, 0) is 4.79 Å². The molecule has 1 N–H and O–H groups in total. The molecule has 6 heteroatoms. The van der Waals surface area contributed by atoms with Gasteiger partial charge in [0.2, 0.25) is 5.91 Å². The zero-order valence-electron chi connectivity index (χ0n) is 18.8. The predicted octanol–water partition coefficient (Wildman–Crippen LogP) is 7.53. The highest BCUT2D eigenvalue weighted by Crippen LogP contribution is 2.35. The zero-order chi connectivity index (χ0) is 23.9. The second-order valence-corrected chi connectivity index (χ2v) is 8.59. The van der Waals surface area contributed by atoms with Gasteiger partial charge in [0.1, 0.15) is 17.2 Å². The SMILES string of the molecule is O=C(CSc1nc(-c2ccccc2)c(-c2ccccc2)o1)Nc1ccc(Oc2ccccc2)cc1. The molecule has 172 valence electrons. The number of benzene rings is 4. The topological polar surface area (TPSA) is 64.4 Å². The van der Waals surface area contributed by atoms with Crippen molar-refractivity contribution >= 4 is 23.4 Å². The van der Waals surface area contributed by atoms with Crippen molar-refractivity contribution in [3.8, 4) is 34.1 Å². The van der Waals surface area contributed by atoms with Crippen LogP contribution < -0.4 is 10.1 Å². The Morgan fingerprint density at radius 3 is 1.97 bits per heavy atom. The summed E-state index contributed by atoms with van der Waals surface area (Å²) in [5.74, 6) is 2.17. The fourth-order valence-electron chi connectivity index (χ4n) is 3.49. The van der Waals surface area contributed by atoms with Gasteiger partial charge in [-0.05, 0) is 36.4 Å². The summed E-state index contributed by atoms with van der Waals surface area (Å²) in [6.07, 6.45) is 0. The van der Waals surface area contributed by atoms with Gasteiger partial charge in [0, 0.05) is 16.8 Å². The molecule has 1 amide bonds. The van der Waals surface area contributed by atoms with Gasteiger partial charge < -0.3 is 14.5 Å². The summed E-state index contributed by atoms with van der Waals surface area (Å²) in [6.45, 7) is 0. The van der Waals surface area contributed by atoms with Crippen LogP contribution in [-0.4, -0.2) is 16.6 Å². The average molecular weight is 479 g/mol. The summed E-state index contributed by atoms with van der Waals surface area (Å²) in [5, 5.41) is 3.35. The second kappa shape index (κ2) is 10.8. The number of para-hydroxylation sites is 1. The quantitative estimate of drug-likeness (QED) is 0.234. The predicted molar refractivity (Wildman–Crippen MR) is 140 cm³/mol. The number of thioether (sulfide) groups is 1. The standard InChI is InChI=1S/C29H22N2O3S/c32-26(30-23-16-18-25(19-17-23)33-24-14-8-3-9-15-24)20-35-29-31-27(21-10-4-1-5-11-21)28(34-29)22-12-6-2-7-13-22/h1-19H,20H2,(H,30,32). The van der Waals surface area contributed by atoms with Crippen molar-refractivity contribution in [2.75, 3.05) is 11.1 Å². The third-order valence-corrected chi connectivity index (χ3v) is 5.96. The minimum Gasteiger partial charge on any atom is -0.457 e. The minimum atomic E-state index is -0.146. The van der Waals surface area contributed by atoms with Crippen LogP contribution in [0.1, 0.15) is 0 Å². The fraction of sp³-hybridized carbons (Fsp3) is 0.0345. The maximum absolute atomic E-state index is 12.6. The van der Waals surface area contributed by atoms with Crippen molar-refractivity contribution in [1.82, 2.24) is 4.98 Å². The summed E-state index contributed by atoms with van der Waals surface area (Å²) in [7, 11) is 0. The lowest BCUT2D eigenvalue weighted by molar-refractivity contribution is -0.113. The maximum Gasteiger partial charge on any atom is 0.257 e. The van der Waals surface area contributed by atoms with E-state index >= 15 is 0 Å². The molecule has 5 rings (SSSR count). The molecule has 0 fully saturated rings. The van der Waals surface area contributed by atoms with E-state index in [9.17, 15) is 4.79 Å². The Morgan fingerprint density at radius 2 is 1.31 bits per heavy atom. The molecule has 0 saturated carbocycles. The van der Waals surface area contributed by atoms with Crippen LogP contribution in [0.4, 0.5) is 5.69 Å². The Balaban J connectivity index is 1.24. The summed E-state index contributed by atoms with van der Waals surface area (Å²) >= 11 is 1.26. The number of hydrogen-bond donors (Lipinski definition) is 1. The summed E-state index contributed by atoms with van der Waals surface area (Å²) in [6, 6.07) is 36.6. The monoisotopic (exact) mass is 478 g/mol. The molecule has 5 nitrogen and oxygen atoms in total. The number of nitrogens with one attached hydrogen (secondary N) is 1. The summed E-state index contributed by atoms with van der Waals surface area (Å²) in [5.41, 5.74) is 3.35. The van der Waals surface area contributed by atoms with Crippen molar-refractivity contribution < 1.29 is 13.9 Å². The maximum atomic E-state index is 12.6. The Labute approximate surface area is 207 Å². The minimum absolute atomic E-state index is 0.146. The van der Waals surface area contributed by atoms with Crippen molar-refractivity contribution in [3.63, 3.8) is 0 Å². The van der Waals surface area contributed by atoms with Crippen LogP contribution in [0.25, 0.3) is 22.6 Å². The highest BCUT2D eigenvalue weighted by Gasteiger charge is 2.18. The molecule has 0 aliphatic carbocycles. The first-order valence-electron chi connectivity index (χ1n) is 11.1. The van der Waals surface area contributed by atoms with Crippen LogP contribution in [0.15, 0.2) is 125 Å². The van der Waals surface area contributed by atoms with E-state index in [1.807, 2.05) is 115 Å². The number of nitrogens with zero attached hydrogens (tertiary/aromatic N) is 1. The molecule has 1 aromatic heterocycles. The summed E-state index contributed by atoms with van der Waals surface area (Å²) < 4.78 is 11.9. The van der Waals surface area contributed by atoms with E-state index in [1.54, 1.807) is 0 Å². The van der Waals surface area contributed by atoms with Crippen LogP contribution in [0.3, 0.4) is 0 Å². The number of carbonyl (C=O) groups excluding carboxylic acids is 1. The number of oxazole rings is 1. The number of amides is 1. The van der Waals surface area contributed by atoms with Gasteiger partial charge in [0.05, 0.1) is 5.75 Å². The first kappa shape index (κ1) is 22.5. The first-order valence-corrected chi connectivity index (χ1v) is 12.1. The molecule has 0 unspecified atom stereocenters. The van der Waals surface area contributed by atoms with Crippen LogP contribution in [0.5, 0.6) is 11.5 Å². The summed E-state index contributed by atoms with van der Waals surface area (Å²) in [4.78, 5) is 17.2. The zero-order valence-corrected chi connectivity index (χ0v) is 19.6. The van der Waals surface area contributed by atoms with Gasteiger partial charge in [-0.2, -0.15) is 0 Å². The number of hydrogen-bond acceptors (Lipinski definition) is 5. The molecule has 0 spiro atoms. The third-order valence-electron chi connectivity index (χ3n) is 5.13. The Hall–Kier alpha value is -4.29. The Kier molecular flexibility index (Phi) is 6.92. The average Bonchev–Trinajstić information content (AvgIpc) is 3.35. The number of ether oxygens (including phenoxy) is 1. The molecule has 35 heavy (non-hydrogen) atoms. The molecular formula is C29H22N2O3S. The number of aromatic nitrogens is 1. The van der Waals surface area contributed by atoms with E-state index in [0.717, 1.165) is 22.6 Å². The highest BCUT2D eigenvalue weighted by molar-refractivity contribution is 7.99. The molecule has 0 bridgehead atoms. The van der Waals surface area contributed by atoms with E-state index in [2.05, 4.69) is 10.3 Å². The molecule has 0 atom stereocenters. The molecule has 0 radical (unpaired) electrons.